The third kappa shape index (κ3) is 2.98. The van der Waals surface area contributed by atoms with Crippen molar-refractivity contribution in [1.29, 1.82) is 0 Å². The maximum atomic E-state index is 12.0. The second kappa shape index (κ2) is 5.93. The Morgan fingerprint density at radius 3 is 2.95 bits per heavy atom. The molecular weight excluding hydrogens is 242 g/mol. The van der Waals surface area contributed by atoms with Crippen molar-refractivity contribution in [2.24, 2.45) is 0 Å². The third-order valence-electron chi connectivity index (χ3n) is 3.37. The van der Waals surface area contributed by atoms with Gasteiger partial charge in [-0.2, -0.15) is 0 Å². The van der Waals surface area contributed by atoms with Gasteiger partial charge in [0.1, 0.15) is 0 Å². The smallest absolute Gasteiger partial charge is 0.246 e. The number of pyridine rings is 1. The molecule has 102 valence electrons. The van der Waals surface area contributed by atoms with Crippen molar-refractivity contribution in [3.05, 3.63) is 29.6 Å². The zero-order valence-electron chi connectivity index (χ0n) is 11.3. The zero-order valence-corrected chi connectivity index (χ0v) is 11.3. The molecule has 0 aliphatic carbocycles. The summed E-state index contributed by atoms with van der Waals surface area (Å²) in [6.45, 7) is 5.04. The SMILES string of the molecule is CCCN1C(=O)CC(NCc2ccncc2C)C1=O. The standard InChI is InChI=1S/C14H19N3O2/c1-3-6-17-13(18)7-12(14(17)19)16-9-11-4-5-15-8-10(11)2/h4-5,8,12,16H,3,6-7,9H2,1-2H3. The number of carbonyl (C=O) groups is 2. The van der Waals surface area contributed by atoms with Gasteiger partial charge in [-0.1, -0.05) is 6.92 Å². The van der Waals surface area contributed by atoms with Crippen LogP contribution < -0.4 is 5.32 Å². The van der Waals surface area contributed by atoms with Gasteiger partial charge in [-0.25, -0.2) is 0 Å². The molecule has 1 N–H and O–H groups in total. The number of amides is 2. The van der Waals surface area contributed by atoms with Crippen LogP contribution in [0.1, 0.15) is 30.9 Å². The molecule has 1 unspecified atom stereocenters. The van der Waals surface area contributed by atoms with Crippen LogP contribution in [0.15, 0.2) is 18.5 Å². The molecule has 5 heteroatoms. The molecule has 2 amide bonds. The Labute approximate surface area is 113 Å². The van der Waals surface area contributed by atoms with E-state index in [4.69, 9.17) is 0 Å². The van der Waals surface area contributed by atoms with Gasteiger partial charge in [0.15, 0.2) is 0 Å². The van der Waals surface area contributed by atoms with Crippen LogP contribution >= 0.6 is 0 Å². The van der Waals surface area contributed by atoms with E-state index in [0.717, 1.165) is 17.5 Å². The number of aryl methyl sites for hydroxylation is 1. The Hall–Kier alpha value is -1.75. The van der Waals surface area contributed by atoms with Gasteiger partial charge in [0.2, 0.25) is 11.8 Å². The number of hydrogen-bond acceptors (Lipinski definition) is 4. The molecule has 1 aliphatic heterocycles. The first kappa shape index (κ1) is 13.7. The van der Waals surface area contributed by atoms with Gasteiger partial charge in [0.05, 0.1) is 12.5 Å². The van der Waals surface area contributed by atoms with Gasteiger partial charge in [0.25, 0.3) is 0 Å². The van der Waals surface area contributed by atoms with E-state index in [2.05, 4.69) is 10.3 Å². The highest BCUT2D eigenvalue weighted by Gasteiger charge is 2.37. The van der Waals surface area contributed by atoms with Gasteiger partial charge in [-0.3, -0.25) is 19.5 Å². The second-order valence-electron chi connectivity index (χ2n) is 4.82. The molecule has 5 nitrogen and oxygen atoms in total. The maximum Gasteiger partial charge on any atom is 0.246 e. The Kier molecular flexibility index (Phi) is 4.27. The highest BCUT2D eigenvalue weighted by atomic mass is 16.2. The van der Waals surface area contributed by atoms with E-state index < -0.39 is 0 Å². The number of rotatable bonds is 5. The van der Waals surface area contributed by atoms with E-state index in [1.807, 2.05) is 19.9 Å². The molecule has 0 bridgehead atoms. The van der Waals surface area contributed by atoms with Crippen molar-refractivity contribution in [3.63, 3.8) is 0 Å². The van der Waals surface area contributed by atoms with Crippen molar-refractivity contribution < 1.29 is 9.59 Å². The van der Waals surface area contributed by atoms with E-state index in [-0.39, 0.29) is 24.3 Å². The summed E-state index contributed by atoms with van der Waals surface area (Å²) in [7, 11) is 0. The summed E-state index contributed by atoms with van der Waals surface area (Å²) in [5.41, 5.74) is 2.18. The predicted molar refractivity (Wildman–Crippen MR) is 71.2 cm³/mol. The third-order valence-corrected chi connectivity index (χ3v) is 3.37. The monoisotopic (exact) mass is 261 g/mol. The van der Waals surface area contributed by atoms with Crippen LogP contribution in [0.4, 0.5) is 0 Å². The van der Waals surface area contributed by atoms with Gasteiger partial charge >= 0.3 is 0 Å². The maximum absolute atomic E-state index is 12.0. The summed E-state index contributed by atoms with van der Waals surface area (Å²) in [5.74, 6) is -0.172. The first-order valence-electron chi connectivity index (χ1n) is 6.60. The summed E-state index contributed by atoms with van der Waals surface area (Å²) in [6, 6.07) is 1.54. The summed E-state index contributed by atoms with van der Waals surface area (Å²) in [6.07, 6.45) is 4.59. The number of aromatic nitrogens is 1. The first-order valence-corrected chi connectivity index (χ1v) is 6.60. The molecular formula is C14H19N3O2. The molecule has 2 heterocycles. The molecule has 1 saturated heterocycles. The highest BCUT2D eigenvalue weighted by molar-refractivity contribution is 6.05. The highest BCUT2D eigenvalue weighted by Crippen LogP contribution is 2.14. The van der Waals surface area contributed by atoms with Crippen LogP contribution in [0.3, 0.4) is 0 Å². The van der Waals surface area contributed by atoms with Gasteiger partial charge in [-0.05, 0) is 30.5 Å². The van der Waals surface area contributed by atoms with Crippen LogP contribution in [0.5, 0.6) is 0 Å². The number of likely N-dealkylation sites (tertiary alicyclic amines) is 1. The van der Waals surface area contributed by atoms with Gasteiger partial charge in [-0.15, -0.1) is 0 Å². The minimum atomic E-state index is -0.383. The van der Waals surface area contributed by atoms with E-state index in [1.54, 1.807) is 12.4 Å². The molecule has 1 aromatic heterocycles. The molecule has 19 heavy (non-hydrogen) atoms. The van der Waals surface area contributed by atoms with E-state index in [0.29, 0.717) is 13.1 Å². The summed E-state index contributed by atoms with van der Waals surface area (Å²) < 4.78 is 0. The van der Waals surface area contributed by atoms with E-state index in [1.165, 1.54) is 4.90 Å². The minimum absolute atomic E-state index is 0.0733. The number of hydrogen-bond donors (Lipinski definition) is 1. The van der Waals surface area contributed by atoms with Crippen LogP contribution in [-0.2, 0) is 16.1 Å². The lowest BCUT2D eigenvalue weighted by molar-refractivity contribution is -0.138. The fourth-order valence-corrected chi connectivity index (χ4v) is 2.23. The molecule has 1 atom stereocenters. The number of imide groups is 1. The first-order chi connectivity index (χ1) is 9.13. The Bertz CT molecular complexity index is 487. The Balaban J connectivity index is 1.96. The largest absolute Gasteiger partial charge is 0.301 e. The van der Waals surface area contributed by atoms with Crippen molar-refractivity contribution >= 4 is 11.8 Å². The fourth-order valence-electron chi connectivity index (χ4n) is 2.23. The predicted octanol–water partition coefficient (Wildman–Crippen LogP) is 1.02. The van der Waals surface area contributed by atoms with Gasteiger partial charge in [0, 0.05) is 25.5 Å². The van der Waals surface area contributed by atoms with Gasteiger partial charge < -0.3 is 5.32 Å². The summed E-state index contributed by atoms with van der Waals surface area (Å²) in [4.78, 5) is 29.1. The zero-order chi connectivity index (χ0) is 13.8. The second-order valence-corrected chi connectivity index (χ2v) is 4.82. The Morgan fingerprint density at radius 2 is 2.26 bits per heavy atom. The van der Waals surface area contributed by atoms with Crippen LogP contribution in [-0.4, -0.2) is 34.3 Å². The molecule has 0 spiro atoms. The minimum Gasteiger partial charge on any atom is -0.301 e. The molecule has 2 rings (SSSR count). The molecule has 0 saturated carbocycles. The summed E-state index contributed by atoms with van der Waals surface area (Å²) >= 11 is 0. The lowest BCUT2D eigenvalue weighted by Crippen LogP contribution is -2.38. The van der Waals surface area contributed by atoms with Crippen LogP contribution in [0.25, 0.3) is 0 Å². The number of carbonyl (C=O) groups excluding carboxylic acids is 2. The molecule has 1 fully saturated rings. The molecule has 1 aromatic rings. The number of nitrogens with one attached hydrogen (secondary N) is 1. The lowest BCUT2D eigenvalue weighted by atomic mass is 10.1. The quantitative estimate of drug-likeness (QED) is 0.804. The molecule has 0 radical (unpaired) electrons. The summed E-state index contributed by atoms with van der Waals surface area (Å²) in [5, 5.41) is 3.17. The average molecular weight is 261 g/mol. The van der Waals surface area contributed by atoms with E-state index in [9.17, 15) is 9.59 Å². The Morgan fingerprint density at radius 1 is 1.47 bits per heavy atom. The van der Waals surface area contributed by atoms with Crippen LogP contribution in [0, 0.1) is 6.92 Å². The van der Waals surface area contributed by atoms with Crippen molar-refractivity contribution in [2.45, 2.75) is 39.3 Å². The van der Waals surface area contributed by atoms with Crippen molar-refractivity contribution in [1.82, 2.24) is 15.2 Å². The number of nitrogens with zero attached hydrogens (tertiary/aromatic N) is 2. The van der Waals surface area contributed by atoms with E-state index >= 15 is 0 Å². The van der Waals surface area contributed by atoms with Crippen molar-refractivity contribution in [3.8, 4) is 0 Å². The normalized spacial score (nSPS) is 19.3. The molecule has 0 aromatic carbocycles. The molecule has 1 aliphatic rings. The van der Waals surface area contributed by atoms with Crippen LogP contribution in [0.2, 0.25) is 0 Å². The average Bonchev–Trinajstić information content (AvgIpc) is 2.66. The van der Waals surface area contributed by atoms with Crippen molar-refractivity contribution in [2.75, 3.05) is 6.54 Å². The fraction of sp³-hybridized carbons (Fsp3) is 0.500. The lowest BCUT2D eigenvalue weighted by Gasteiger charge is -2.14. The topological polar surface area (TPSA) is 62.3 Å².